The lowest BCUT2D eigenvalue weighted by molar-refractivity contribution is -0.163. The molecule has 1 saturated heterocycles. The maximum atomic E-state index is 12.8. The second-order valence-electron chi connectivity index (χ2n) is 8.85. The first-order chi connectivity index (χ1) is 15.5. The minimum atomic E-state index is -0.684. The average molecular weight is 463 g/mol. The number of nitrogens with one attached hydrogen (secondary N) is 1. The molecule has 0 aromatic heterocycles. The largest absolute Gasteiger partial charge is 0.458 e. The Bertz CT molecular complexity index is 855. The molecule has 2 amide bonds. The van der Waals surface area contributed by atoms with Gasteiger partial charge in [-0.05, 0) is 52.7 Å². The number of rotatable bonds is 8. The highest BCUT2D eigenvalue weighted by Crippen LogP contribution is 2.16. The summed E-state index contributed by atoms with van der Waals surface area (Å²) in [6.07, 6.45) is 1.11. The third kappa shape index (κ3) is 8.38. The second-order valence-corrected chi connectivity index (χ2v) is 8.85. The fourth-order valence-corrected chi connectivity index (χ4v) is 3.36. The predicted molar refractivity (Wildman–Crippen MR) is 123 cm³/mol. The zero-order chi connectivity index (χ0) is 24.6. The van der Waals surface area contributed by atoms with Gasteiger partial charge >= 0.3 is 5.97 Å². The third-order valence-corrected chi connectivity index (χ3v) is 4.96. The number of ether oxygens (including phenoxy) is 2. The molecular weight excluding hydrogens is 428 g/mol. The maximum absolute atomic E-state index is 12.8. The quantitative estimate of drug-likeness (QED) is 0.258. The van der Waals surface area contributed by atoms with Crippen molar-refractivity contribution in [3.8, 4) is 0 Å². The molecule has 3 N–H and O–H groups in total. The van der Waals surface area contributed by atoms with E-state index in [9.17, 15) is 14.4 Å². The Hall–Kier alpha value is -3.14. The van der Waals surface area contributed by atoms with Crippen molar-refractivity contribution in [1.82, 2.24) is 10.2 Å². The van der Waals surface area contributed by atoms with E-state index in [0.29, 0.717) is 37.1 Å². The number of piperidine rings is 1. The number of esters is 1. The summed E-state index contributed by atoms with van der Waals surface area (Å²) < 4.78 is 10.9. The summed E-state index contributed by atoms with van der Waals surface area (Å²) >= 11 is 0. The minimum absolute atomic E-state index is 0.107. The first-order valence-corrected chi connectivity index (χ1v) is 10.9. The normalized spacial score (nSPS) is 16.2. The summed E-state index contributed by atoms with van der Waals surface area (Å²) in [6, 6.07) is 5.83. The van der Waals surface area contributed by atoms with Gasteiger partial charge in [0.15, 0.2) is 5.84 Å². The topological polar surface area (TPSA) is 133 Å². The Balaban J connectivity index is 1.79. The van der Waals surface area contributed by atoms with Crippen molar-refractivity contribution in [1.29, 1.82) is 0 Å². The molecule has 33 heavy (non-hydrogen) atoms. The summed E-state index contributed by atoms with van der Waals surface area (Å²) in [5.74, 6) is -0.729. The highest BCUT2D eigenvalue weighted by atomic mass is 16.6. The van der Waals surface area contributed by atoms with Gasteiger partial charge in [0.25, 0.3) is 5.91 Å². The van der Waals surface area contributed by atoms with Gasteiger partial charge in [0.05, 0.1) is 6.10 Å². The average Bonchev–Trinajstić information content (AvgIpc) is 2.76. The Kier molecular flexibility index (Phi) is 9.22. The van der Waals surface area contributed by atoms with E-state index in [2.05, 4.69) is 15.3 Å². The van der Waals surface area contributed by atoms with Crippen molar-refractivity contribution in [2.24, 2.45) is 10.9 Å². The molecule has 0 unspecified atom stereocenters. The van der Waals surface area contributed by atoms with E-state index >= 15 is 0 Å². The number of carbonyl (C=O) groups is 3. The lowest BCUT2D eigenvalue weighted by Crippen LogP contribution is -2.50. The van der Waals surface area contributed by atoms with Crippen LogP contribution in [0, 0.1) is 0 Å². The van der Waals surface area contributed by atoms with Crippen LogP contribution >= 0.6 is 0 Å². The molecule has 1 aromatic rings. The molecule has 0 saturated carbocycles. The molecular formula is C23H34N4O6. The Morgan fingerprint density at radius 3 is 2.27 bits per heavy atom. The number of amides is 2. The molecule has 1 atom stereocenters. The predicted octanol–water partition coefficient (Wildman–Crippen LogP) is 1.42. The molecule has 1 fully saturated rings. The lowest BCUT2D eigenvalue weighted by Gasteiger charge is -2.33. The Morgan fingerprint density at radius 1 is 1.15 bits per heavy atom. The molecule has 10 nitrogen and oxygen atoms in total. The molecule has 0 radical (unpaired) electrons. The monoisotopic (exact) mass is 462 g/mol. The van der Waals surface area contributed by atoms with Crippen LogP contribution in [0.15, 0.2) is 29.4 Å². The molecule has 1 aliphatic heterocycles. The number of hydrogen-bond acceptors (Lipinski definition) is 7. The number of likely N-dealkylation sites (tertiary alicyclic amines) is 1. The van der Waals surface area contributed by atoms with Crippen LogP contribution in [-0.2, 0) is 23.9 Å². The first kappa shape index (κ1) is 26.1. The van der Waals surface area contributed by atoms with E-state index in [1.54, 1.807) is 56.9 Å². The van der Waals surface area contributed by atoms with E-state index in [1.807, 2.05) is 0 Å². The minimum Gasteiger partial charge on any atom is -0.458 e. The Morgan fingerprint density at radius 2 is 1.73 bits per heavy atom. The summed E-state index contributed by atoms with van der Waals surface area (Å²) in [5.41, 5.74) is 6.21. The second kappa shape index (κ2) is 11.6. The van der Waals surface area contributed by atoms with Crippen LogP contribution in [0.1, 0.15) is 56.5 Å². The summed E-state index contributed by atoms with van der Waals surface area (Å²) in [6.45, 7) is 7.94. The van der Waals surface area contributed by atoms with Gasteiger partial charge in [0.1, 0.15) is 25.4 Å². The van der Waals surface area contributed by atoms with Gasteiger partial charge in [0, 0.05) is 24.2 Å². The van der Waals surface area contributed by atoms with Gasteiger partial charge in [-0.3, -0.25) is 9.59 Å². The number of nitrogens with two attached hydrogens (primary N) is 1. The van der Waals surface area contributed by atoms with Crippen LogP contribution in [0.4, 0.5) is 0 Å². The molecule has 182 valence electrons. The van der Waals surface area contributed by atoms with E-state index in [-0.39, 0.29) is 30.4 Å². The van der Waals surface area contributed by atoms with E-state index < -0.39 is 17.6 Å². The molecule has 0 spiro atoms. The van der Waals surface area contributed by atoms with Crippen LogP contribution in [0.2, 0.25) is 0 Å². The number of carbonyl (C=O) groups excluding carboxylic acids is 3. The van der Waals surface area contributed by atoms with Crippen molar-refractivity contribution in [3.05, 3.63) is 35.4 Å². The summed E-state index contributed by atoms with van der Waals surface area (Å²) in [4.78, 5) is 43.4. The number of amidine groups is 1. The van der Waals surface area contributed by atoms with Crippen molar-refractivity contribution < 1.29 is 28.7 Å². The van der Waals surface area contributed by atoms with Gasteiger partial charge in [-0.1, -0.05) is 17.3 Å². The number of oxime groups is 1. The van der Waals surface area contributed by atoms with Gasteiger partial charge < -0.3 is 30.3 Å². The van der Waals surface area contributed by atoms with E-state index in [0.717, 1.165) is 0 Å². The summed E-state index contributed by atoms with van der Waals surface area (Å²) in [7, 11) is 1.40. The van der Waals surface area contributed by atoms with Gasteiger partial charge in [-0.15, -0.1) is 0 Å². The van der Waals surface area contributed by atoms with Crippen molar-refractivity contribution in [2.75, 3.05) is 26.8 Å². The van der Waals surface area contributed by atoms with Crippen LogP contribution < -0.4 is 11.1 Å². The van der Waals surface area contributed by atoms with E-state index in [4.69, 9.17) is 15.2 Å². The smallest absolute Gasteiger partial charge is 0.332 e. The molecule has 0 bridgehead atoms. The first-order valence-electron chi connectivity index (χ1n) is 10.9. The van der Waals surface area contributed by atoms with Crippen LogP contribution in [0.3, 0.4) is 0 Å². The van der Waals surface area contributed by atoms with Gasteiger partial charge in [0.2, 0.25) is 5.91 Å². The van der Waals surface area contributed by atoms with Crippen molar-refractivity contribution in [3.63, 3.8) is 0 Å². The fraction of sp³-hybridized carbons (Fsp3) is 0.565. The molecule has 2 rings (SSSR count). The number of nitrogens with zero attached hydrogens (tertiary/aromatic N) is 2. The number of benzene rings is 1. The zero-order valence-corrected chi connectivity index (χ0v) is 19.9. The van der Waals surface area contributed by atoms with E-state index in [1.165, 1.54) is 7.11 Å². The zero-order valence-electron chi connectivity index (χ0n) is 19.9. The molecule has 0 aliphatic carbocycles. The third-order valence-electron chi connectivity index (χ3n) is 4.96. The number of hydrogen-bond donors (Lipinski definition) is 2. The van der Waals surface area contributed by atoms with Crippen LogP contribution in [0.5, 0.6) is 0 Å². The SMILES string of the molecule is CON=C(N)c1ccc(C(=O)N[C@@H](C)C(=O)N2CCC(OCC(=O)OC(C)(C)C)CC2)cc1. The fourth-order valence-electron chi connectivity index (χ4n) is 3.36. The summed E-state index contributed by atoms with van der Waals surface area (Å²) in [5, 5.41) is 6.38. The molecule has 1 aromatic carbocycles. The highest BCUT2D eigenvalue weighted by molar-refractivity contribution is 6.00. The Labute approximate surface area is 194 Å². The van der Waals surface area contributed by atoms with Gasteiger partial charge in [-0.25, -0.2) is 4.79 Å². The molecule has 10 heteroatoms. The van der Waals surface area contributed by atoms with Crippen molar-refractivity contribution in [2.45, 2.75) is 58.3 Å². The van der Waals surface area contributed by atoms with Crippen LogP contribution in [-0.4, -0.2) is 73.1 Å². The standard InChI is InChI=1S/C23H34N4O6/c1-15(25-21(29)17-8-6-16(7-9-17)20(24)26-31-5)22(30)27-12-10-18(11-13-27)32-14-19(28)33-23(2,3)4/h6-9,15,18H,10-14H2,1-5H3,(H2,24,26)(H,25,29)/t15-/m0/s1. The van der Waals surface area contributed by atoms with Crippen LogP contribution in [0.25, 0.3) is 0 Å². The lowest BCUT2D eigenvalue weighted by atomic mass is 10.1. The molecule has 1 aliphatic rings. The maximum Gasteiger partial charge on any atom is 0.332 e. The highest BCUT2D eigenvalue weighted by Gasteiger charge is 2.28. The van der Waals surface area contributed by atoms with Crippen molar-refractivity contribution >= 4 is 23.6 Å². The molecule has 1 heterocycles. The van der Waals surface area contributed by atoms with Gasteiger partial charge in [-0.2, -0.15) is 0 Å².